The summed E-state index contributed by atoms with van der Waals surface area (Å²) in [4.78, 5) is 6.61. The monoisotopic (exact) mass is 373 g/mol. The van der Waals surface area contributed by atoms with Gasteiger partial charge in [-0.2, -0.15) is 0 Å². The van der Waals surface area contributed by atoms with Crippen molar-refractivity contribution in [3.63, 3.8) is 0 Å². The summed E-state index contributed by atoms with van der Waals surface area (Å²) in [5.41, 5.74) is 0.822. The Morgan fingerprint density at radius 3 is 2.67 bits per heavy atom. The van der Waals surface area contributed by atoms with Crippen molar-refractivity contribution < 1.29 is 13.2 Å². The molecule has 114 valence electrons. The first-order valence-corrected chi connectivity index (χ1v) is 8.48. The van der Waals surface area contributed by atoms with Gasteiger partial charge in [0.25, 0.3) is 10.0 Å². The maximum atomic E-state index is 12.2. The Labute approximate surface area is 132 Å². The number of aryl methyl sites for hydroxylation is 1. The Bertz CT molecular complexity index is 743. The third kappa shape index (κ3) is 3.63. The van der Waals surface area contributed by atoms with E-state index in [4.69, 9.17) is 4.74 Å². The molecule has 0 fully saturated rings. The summed E-state index contributed by atoms with van der Waals surface area (Å²) < 4.78 is 33.0. The van der Waals surface area contributed by atoms with Crippen molar-refractivity contribution in [2.75, 3.05) is 7.11 Å². The number of nitrogens with zero attached hydrogens (tertiary/aromatic N) is 1. The Hall–Kier alpha value is -1.38. The lowest BCUT2D eigenvalue weighted by Crippen LogP contribution is -2.27. The lowest BCUT2D eigenvalue weighted by atomic mass is 10.1. The van der Waals surface area contributed by atoms with Gasteiger partial charge in [0, 0.05) is 6.04 Å². The molecule has 0 amide bonds. The van der Waals surface area contributed by atoms with E-state index in [0.717, 1.165) is 10.0 Å². The first-order chi connectivity index (χ1) is 9.83. The van der Waals surface area contributed by atoms with Crippen molar-refractivity contribution in [1.29, 1.82) is 0 Å². The van der Waals surface area contributed by atoms with Gasteiger partial charge in [-0.05, 0) is 47.5 Å². The number of H-pyrrole nitrogens is 1. The van der Waals surface area contributed by atoms with E-state index in [0.29, 0.717) is 11.6 Å². The maximum Gasteiger partial charge on any atom is 0.258 e. The van der Waals surface area contributed by atoms with Crippen LogP contribution in [0.3, 0.4) is 0 Å². The number of halogens is 1. The summed E-state index contributed by atoms with van der Waals surface area (Å²) in [6.07, 6.45) is 1.30. The van der Waals surface area contributed by atoms with Gasteiger partial charge in [0.15, 0.2) is 5.03 Å². The zero-order valence-electron chi connectivity index (χ0n) is 11.8. The highest BCUT2D eigenvalue weighted by Crippen LogP contribution is 2.28. The van der Waals surface area contributed by atoms with Crippen molar-refractivity contribution in [2.45, 2.75) is 24.9 Å². The van der Waals surface area contributed by atoms with Gasteiger partial charge in [-0.1, -0.05) is 6.07 Å². The smallest absolute Gasteiger partial charge is 0.258 e. The highest BCUT2D eigenvalue weighted by molar-refractivity contribution is 9.10. The Kier molecular flexibility index (Phi) is 4.70. The Balaban J connectivity index is 2.21. The van der Waals surface area contributed by atoms with Crippen molar-refractivity contribution in [1.82, 2.24) is 14.7 Å². The van der Waals surface area contributed by atoms with E-state index in [2.05, 4.69) is 30.6 Å². The Morgan fingerprint density at radius 2 is 2.14 bits per heavy atom. The number of benzene rings is 1. The molecule has 6 nitrogen and oxygen atoms in total. The largest absolute Gasteiger partial charge is 0.496 e. The average molecular weight is 374 g/mol. The number of hydrogen-bond acceptors (Lipinski definition) is 4. The van der Waals surface area contributed by atoms with Crippen molar-refractivity contribution >= 4 is 26.0 Å². The molecule has 1 heterocycles. The summed E-state index contributed by atoms with van der Waals surface area (Å²) in [7, 11) is -2.05. The molecule has 0 aliphatic carbocycles. The molecule has 1 aromatic carbocycles. The topological polar surface area (TPSA) is 84.1 Å². The van der Waals surface area contributed by atoms with Crippen LogP contribution < -0.4 is 9.46 Å². The van der Waals surface area contributed by atoms with Crippen LogP contribution in [0.25, 0.3) is 0 Å². The summed E-state index contributed by atoms with van der Waals surface area (Å²) in [5, 5.41) is 0.0550. The summed E-state index contributed by atoms with van der Waals surface area (Å²) in [6, 6.07) is 5.03. The average Bonchev–Trinajstić information content (AvgIpc) is 2.85. The number of aromatic nitrogens is 2. The zero-order valence-corrected chi connectivity index (χ0v) is 14.2. The molecular weight excluding hydrogens is 358 g/mol. The summed E-state index contributed by atoms with van der Waals surface area (Å²) in [5.74, 6) is 1.24. The van der Waals surface area contributed by atoms with Gasteiger partial charge in [0.05, 0.1) is 17.8 Å². The third-order valence-electron chi connectivity index (χ3n) is 2.98. The minimum Gasteiger partial charge on any atom is -0.496 e. The molecule has 21 heavy (non-hydrogen) atoms. The van der Waals surface area contributed by atoms with Gasteiger partial charge in [0.1, 0.15) is 11.6 Å². The first kappa shape index (κ1) is 16.0. The molecule has 0 radical (unpaired) electrons. The van der Waals surface area contributed by atoms with Gasteiger partial charge in [-0.3, -0.25) is 0 Å². The van der Waals surface area contributed by atoms with Gasteiger partial charge in [-0.25, -0.2) is 18.1 Å². The fraction of sp³-hybridized carbons (Fsp3) is 0.308. The predicted molar refractivity (Wildman–Crippen MR) is 82.8 cm³/mol. The standard InChI is InChI=1S/C13H16BrN3O3S/c1-8(10-4-5-12(20-3)11(14)6-10)17-21(18,19)13-7-15-9(2)16-13/h4-8,17H,1-3H3,(H,15,16). The fourth-order valence-electron chi connectivity index (χ4n) is 1.85. The summed E-state index contributed by atoms with van der Waals surface area (Å²) >= 11 is 3.39. The van der Waals surface area contributed by atoms with E-state index >= 15 is 0 Å². The minimum atomic E-state index is -3.63. The molecule has 0 aliphatic heterocycles. The van der Waals surface area contributed by atoms with Crippen LogP contribution in [0.1, 0.15) is 24.4 Å². The molecule has 1 unspecified atom stereocenters. The quantitative estimate of drug-likeness (QED) is 0.843. The molecule has 1 atom stereocenters. The molecule has 0 aliphatic rings. The number of nitrogens with one attached hydrogen (secondary N) is 2. The molecule has 1 aromatic heterocycles. The van der Waals surface area contributed by atoms with Crippen LogP contribution in [-0.2, 0) is 10.0 Å². The first-order valence-electron chi connectivity index (χ1n) is 6.21. The molecule has 2 N–H and O–H groups in total. The number of aromatic amines is 1. The number of rotatable bonds is 5. The second-order valence-electron chi connectivity index (χ2n) is 4.57. The van der Waals surface area contributed by atoms with E-state index in [1.165, 1.54) is 6.20 Å². The number of hydrogen-bond donors (Lipinski definition) is 2. The van der Waals surface area contributed by atoms with Gasteiger partial charge >= 0.3 is 0 Å². The van der Waals surface area contributed by atoms with Gasteiger partial charge in [-0.15, -0.1) is 0 Å². The van der Waals surface area contributed by atoms with E-state index in [1.807, 2.05) is 12.1 Å². The van der Waals surface area contributed by atoms with Crippen LogP contribution in [0.15, 0.2) is 33.9 Å². The fourth-order valence-corrected chi connectivity index (χ4v) is 3.61. The summed E-state index contributed by atoms with van der Waals surface area (Å²) in [6.45, 7) is 3.47. The van der Waals surface area contributed by atoms with Crippen LogP contribution in [-0.4, -0.2) is 25.5 Å². The SMILES string of the molecule is COc1ccc(C(C)NS(=O)(=O)c2cnc(C)[nH]2)cc1Br. The lowest BCUT2D eigenvalue weighted by Gasteiger charge is -2.15. The molecule has 0 spiro atoms. The van der Waals surface area contributed by atoms with Crippen LogP contribution in [0, 0.1) is 6.92 Å². The number of ether oxygens (including phenoxy) is 1. The van der Waals surface area contributed by atoms with E-state index in [1.54, 1.807) is 27.0 Å². The van der Waals surface area contributed by atoms with Crippen LogP contribution in [0.2, 0.25) is 0 Å². The molecule has 2 aromatic rings. The van der Waals surface area contributed by atoms with Crippen molar-refractivity contribution in [3.05, 3.63) is 40.3 Å². The minimum absolute atomic E-state index is 0.0550. The van der Waals surface area contributed by atoms with E-state index in [-0.39, 0.29) is 11.1 Å². The number of sulfonamides is 1. The molecule has 8 heteroatoms. The van der Waals surface area contributed by atoms with Gasteiger partial charge < -0.3 is 9.72 Å². The van der Waals surface area contributed by atoms with Crippen molar-refractivity contribution in [3.8, 4) is 5.75 Å². The third-order valence-corrected chi connectivity index (χ3v) is 5.05. The molecule has 0 bridgehead atoms. The molecular formula is C13H16BrN3O3S. The highest BCUT2D eigenvalue weighted by atomic mass is 79.9. The normalized spacial score (nSPS) is 13.1. The highest BCUT2D eigenvalue weighted by Gasteiger charge is 2.20. The van der Waals surface area contributed by atoms with Crippen LogP contribution in [0.4, 0.5) is 0 Å². The van der Waals surface area contributed by atoms with E-state index in [9.17, 15) is 8.42 Å². The van der Waals surface area contributed by atoms with Crippen LogP contribution in [0.5, 0.6) is 5.75 Å². The molecule has 0 saturated heterocycles. The Morgan fingerprint density at radius 1 is 1.43 bits per heavy atom. The van der Waals surface area contributed by atoms with Gasteiger partial charge in [0.2, 0.25) is 0 Å². The molecule has 2 rings (SSSR count). The molecule has 0 saturated carbocycles. The maximum absolute atomic E-state index is 12.2. The second kappa shape index (κ2) is 6.17. The predicted octanol–water partition coefficient (Wildman–Crippen LogP) is 2.53. The van der Waals surface area contributed by atoms with Crippen LogP contribution >= 0.6 is 15.9 Å². The number of methoxy groups -OCH3 is 1. The lowest BCUT2D eigenvalue weighted by molar-refractivity contribution is 0.412. The van der Waals surface area contributed by atoms with Crippen molar-refractivity contribution in [2.24, 2.45) is 0 Å². The van der Waals surface area contributed by atoms with E-state index < -0.39 is 10.0 Å². The zero-order chi connectivity index (χ0) is 15.6. The second-order valence-corrected chi connectivity index (χ2v) is 7.11. The number of imidazole rings is 1.